The summed E-state index contributed by atoms with van der Waals surface area (Å²) in [4.78, 5) is 18.7. The summed E-state index contributed by atoms with van der Waals surface area (Å²) in [6.45, 7) is 4.18. The lowest BCUT2D eigenvalue weighted by Gasteiger charge is -2.28. The maximum absolute atomic E-state index is 12.0. The zero-order chi connectivity index (χ0) is 26.8. The SMILES string of the molecule is COCC(=O)Nc1ccc(N2C(=S)NC(c3ccccn3)C2c2cc(C)n(-c3ccccc3Cl)c2C)cc1. The van der Waals surface area contributed by atoms with Gasteiger partial charge in [-0.2, -0.15) is 0 Å². The quantitative estimate of drug-likeness (QED) is 0.282. The second-order valence-corrected chi connectivity index (χ2v) is 9.93. The lowest BCUT2D eigenvalue weighted by molar-refractivity contribution is -0.119. The molecule has 1 saturated heterocycles. The summed E-state index contributed by atoms with van der Waals surface area (Å²) in [7, 11) is 1.49. The van der Waals surface area contributed by atoms with Crippen molar-refractivity contribution in [2.45, 2.75) is 25.9 Å². The van der Waals surface area contributed by atoms with Crippen LogP contribution >= 0.6 is 23.8 Å². The smallest absolute Gasteiger partial charge is 0.250 e. The third kappa shape index (κ3) is 4.90. The van der Waals surface area contributed by atoms with Crippen molar-refractivity contribution in [2.75, 3.05) is 23.9 Å². The van der Waals surface area contributed by atoms with E-state index in [0.717, 1.165) is 34.0 Å². The van der Waals surface area contributed by atoms with Crippen LogP contribution in [0.15, 0.2) is 79.0 Å². The molecule has 1 amide bonds. The number of aryl methyl sites for hydroxylation is 1. The van der Waals surface area contributed by atoms with E-state index in [2.05, 4.69) is 45.0 Å². The molecule has 2 aromatic heterocycles. The summed E-state index contributed by atoms with van der Waals surface area (Å²) in [5, 5.41) is 7.63. The van der Waals surface area contributed by atoms with Gasteiger partial charge >= 0.3 is 0 Å². The Morgan fingerprint density at radius 3 is 2.53 bits per heavy atom. The number of carbonyl (C=O) groups is 1. The van der Waals surface area contributed by atoms with Gasteiger partial charge in [-0.25, -0.2) is 0 Å². The van der Waals surface area contributed by atoms with Crippen molar-refractivity contribution in [3.8, 4) is 5.69 Å². The molecule has 0 aliphatic carbocycles. The predicted octanol–water partition coefficient (Wildman–Crippen LogP) is 5.90. The van der Waals surface area contributed by atoms with Gasteiger partial charge in [0, 0.05) is 36.1 Å². The number of amides is 1. The van der Waals surface area contributed by atoms with Gasteiger partial charge in [0.15, 0.2) is 5.11 Å². The number of hydrogen-bond acceptors (Lipinski definition) is 4. The molecule has 7 nitrogen and oxygen atoms in total. The van der Waals surface area contributed by atoms with Crippen LogP contribution in [-0.4, -0.2) is 34.3 Å². The molecule has 5 rings (SSSR count). The number of methoxy groups -OCH3 is 1. The van der Waals surface area contributed by atoms with Gasteiger partial charge in [0.25, 0.3) is 0 Å². The van der Waals surface area contributed by atoms with Gasteiger partial charge in [-0.15, -0.1) is 0 Å². The Morgan fingerprint density at radius 1 is 1.11 bits per heavy atom. The second kappa shape index (κ2) is 10.9. The number of aromatic nitrogens is 2. The number of benzene rings is 2. The summed E-state index contributed by atoms with van der Waals surface area (Å²) in [5.74, 6) is -0.210. The summed E-state index contributed by atoms with van der Waals surface area (Å²) < 4.78 is 7.09. The van der Waals surface area contributed by atoms with Crippen LogP contribution in [0.2, 0.25) is 5.02 Å². The maximum atomic E-state index is 12.0. The first-order chi connectivity index (χ1) is 18.4. The normalized spacial score (nSPS) is 16.9. The third-order valence-electron chi connectivity index (χ3n) is 6.69. The molecule has 194 valence electrons. The Morgan fingerprint density at radius 2 is 1.84 bits per heavy atom. The molecule has 0 spiro atoms. The number of hydrogen-bond donors (Lipinski definition) is 2. The van der Waals surface area contributed by atoms with Crippen LogP contribution in [-0.2, 0) is 9.53 Å². The molecule has 2 unspecified atom stereocenters. The van der Waals surface area contributed by atoms with E-state index in [4.69, 9.17) is 28.6 Å². The van der Waals surface area contributed by atoms with Gasteiger partial charge in [-0.3, -0.25) is 9.78 Å². The average molecular weight is 546 g/mol. The molecular weight excluding hydrogens is 518 g/mol. The van der Waals surface area contributed by atoms with E-state index in [9.17, 15) is 4.79 Å². The monoisotopic (exact) mass is 545 g/mol. The molecule has 2 N–H and O–H groups in total. The number of rotatable bonds is 7. The number of para-hydroxylation sites is 1. The Kier molecular flexibility index (Phi) is 7.46. The van der Waals surface area contributed by atoms with E-state index in [-0.39, 0.29) is 24.6 Å². The first-order valence-corrected chi connectivity index (χ1v) is 13.0. The summed E-state index contributed by atoms with van der Waals surface area (Å²) in [5.41, 5.74) is 6.67. The van der Waals surface area contributed by atoms with Crippen LogP contribution in [0.4, 0.5) is 11.4 Å². The van der Waals surface area contributed by atoms with Crippen LogP contribution < -0.4 is 15.5 Å². The number of halogens is 1. The molecular formula is C29H28ClN5O2S. The average Bonchev–Trinajstić information content (AvgIpc) is 3.40. The lowest BCUT2D eigenvalue weighted by Crippen LogP contribution is -2.29. The lowest BCUT2D eigenvalue weighted by atomic mass is 9.96. The molecule has 0 radical (unpaired) electrons. The fourth-order valence-corrected chi connectivity index (χ4v) is 5.64. The maximum Gasteiger partial charge on any atom is 0.250 e. The number of nitrogens with one attached hydrogen (secondary N) is 2. The molecule has 1 aliphatic rings. The minimum Gasteiger partial charge on any atom is -0.375 e. The standard InChI is InChI=1S/C29H28ClN5O2S/c1-18-16-22(19(2)34(18)25-10-5-4-8-23(25)30)28-27(24-9-6-7-15-31-24)33-29(38)35(28)21-13-11-20(12-14-21)32-26(36)17-37-3/h4-16,27-28H,17H2,1-3H3,(H,32,36)(H,33,38). The Bertz CT molecular complexity index is 1470. The number of ether oxygens (including phenoxy) is 1. The van der Waals surface area contributed by atoms with Gasteiger partial charge in [0.05, 0.1) is 28.5 Å². The molecule has 1 fully saturated rings. The number of thiocarbonyl (C=S) groups is 1. The van der Waals surface area contributed by atoms with Gasteiger partial charge in [-0.05, 0) is 86.2 Å². The van der Waals surface area contributed by atoms with Crippen LogP contribution in [0.5, 0.6) is 0 Å². The van der Waals surface area contributed by atoms with Crippen LogP contribution in [0, 0.1) is 13.8 Å². The molecule has 1 aliphatic heterocycles. The number of carbonyl (C=O) groups excluding carboxylic acids is 1. The first kappa shape index (κ1) is 25.9. The highest BCUT2D eigenvalue weighted by atomic mass is 35.5. The van der Waals surface area contributed by atoms with E-state index < -0.39 is 0 Å². The van der Waals surface area contributed by atoms with Gasteiger partial charge in [0.1, 0.15) is 6.61 Å². The van der Waals surface area contributed by atoms with Crippen LogP contribution in [0.3, 0.4) is 0 Å². The molecule has 3 heterocycles. The fourth-order valence-electron chi connectivity index (χ4n) is 5.07. The molecule has 0 saturated carbocycles. The van der Waals surface area contributed by atoms with E-state index in [1.54, 1.807) is 6.20 Å². The molecule has 2 atom stereocenters. The fraction of sp³-hybridized carbons (Fsp3) is 0.207. The van der Waals surface area contributed by atoms with E-state index in [0.29, 0.717) is 15.8 Å². The zero-order valence-corrected chi connectivity index (χ0v) is 22.9. The van der Waals surface area contributed by atoms with E-state index in [1.807, 2.05) is 66.7 Å². The van der Waals surface area contributed by atoms with Crippen molar-refractivity contribution in [3.05, 3.63) is 107 Å². The predicted molar refractivity (Wildman–Crippen MR) is 155 cm³/mol. The van der Waals surface area contributed by atoms with Crippen molar-refractivity contribution in [2.24, 2.45) is 0 Å². The van der Waals surface area contributed by atoms with Crippen LogP contribution in [0.1, 0.15) is 34.7 Å². The van der Waals surface area contributed by atoms with Gasteiger partial charge < -0.3 is 24.8 Å². The minimum atomic E-state index is -0.210. The van der Waals surface area contributed by atoms with Crippen molar-refractivity contribution in [1.82, 2.24) is 14.9 Å². The molecule has 4 aromatic rings. The van der Waals surface area contributed by atoms with Gasteiger partial charge in [-0.1, -0.05) is 29.8 Å². The second-order valence-electron chi connectivity index (χ2n) is 9.14. The largest absolute Gasteiger partial charge is 0.375 e. The minimum absolute atomic E-state index is 0.00321. The molecule has 38 heavy (non-hydrogen) atoms. The number of nitrogens with zero attached hydrogens (tertiary/aromatic N) is 3. The topological polar surface area (TPSA) is 71.4 Å². The van der Waals surface area contributed by atoms with E-state index >= 15 is 0 Å². The molecule has 0 bridgehead atoms. The number of pyridine rings is 1. The summed E-state index contributed by atoms with van der Waals surface area (Å²) in [6, 6.07) is 23.2. The summed E-state index contributed by atoms with van der Waals surface area (Å²) >= 11 is 12.5. The first-order valence-electron chi connectivity index (χ1n) is 12.2. The van der Waals surface area contributed by atoms with Crippen molar-refractivity contribution >= 4 is 46.2 Å². The third-order valence-corrected chi connectivity index (χ3v) is 7.32. The summed E-state index contributed by atoms with van der Waals surface area (Å²) in [6.07, 6.45) is 1.80. The highest BCUT2D eigenvalue weighted by Gasteiger charge is 2.42. The van der Waals surface area contributed by atoms with Crippen molar-refractivity contribution in [3.63, 3.8) is 0 Å². The van der Waals surface area contributed by atoms with E-state index in [1.165, 1.54) is 7.11 Å². The zero-order valence-electron chi connectivity index (χ0n) is 21.3. The Hall–Kier alpha value is -3.72. The van der Waals surface area contributed by atoms with Crippen molar-refractivity contribution in [1.29, 1.82) is 0 Å². The number of anilines is 2. The van der Waals surface area contributed by atoms with Crippen LogP contribution in [0.25, 0.3) is 5.69 Å². The molecule has 2 aromatic carbocycles. The Balaban J connectivity index is 1.59. The van der Waals surface area contributed by atoms with Crippen molar-refractivity contribution < 1.29 is 9.53 Å². The molecule has 9 heteroatoms. The highest BCUT2D eigenvalue weighted by Crippen LogP contribution is 2.44. The Labute approximate surface area is 232 Å². The van der Waals surface area contributed by atoms with Gasteiger partial charge in [0.2, 0.25) is 5.91 Å². The highest BCUT2D eigenvalue weighted by molar-refractivity contribution is 7.80.